The van der Waals surface area contributed by atoms with Crippen LogP contribution in [0.5, 0.6) is 5.75 Å². The molecule has 2 rings (SSSR count). The number of anilines is 3. The van der Waals surface area contributed by atoms with Crippen LogP contribution in [0.3, 0.4) is 0 Å². The maximum absolute atomic E-state index is 13.6. The fourth-order valence-electron chi connectivity index (χ4n) is 1.71. The Morgan fingerprint density at radius 3 is 2.67 bits per heavy atom. The SMILES string of the molecule is COc1cccc(Nc2cc(C)ccc2F)c1N. The third kappa shape index (κ3) is 2.37. The third-order valence-electron chi connectivity index (χ3n) is 2.68. The first-order valence-electron chi connectivity index (χ1n) is 5.57. The number of aryl methyl sites for hydroxylation is 1. The van der Waals surface area contributed by atoms with Gasteiger partial charge in [-0.15, -0.1) is 0 Å². The largest absolute Gasteiger partial charge is 0.495 e. The van der Waals surface area contributed by atoms with E-state index in [-0.39, 0.29) is 5.82 Å². The standard InChI is InChI=1S/C14H15FN2O/c1-9-6-7-10(15)12(8-9)17-11-4-3-5-13(18-2)14(11)16/h3-8,17H,16H2,1-2H3. The molecule has 0 spiro atoms. The normalized spacial score (nSPS) is 10.2. The Hall–Kier alpha value is -2.23. The van der Waals surface area contributed by atoms with Gasteiger partial charge in [-0.3, -0.25) is 0 Å². The summed E-state index contributed by atoms with van der Waals surface area (Å²) in [5.41, 5.74) is 8.37. The van der Waals surface area contributed by atoms with E-state index in [0.717, 1.165) is 5.56 Å². The molecule has 18 heavy (non-hydrogen) atoms. The zero-order chi connectivity index (χ0) is 13.1. The molecule has 2 aromatic rings. The van der Waals surface area contributed by atoms with Gasteiger partial charge >= 0.3 is 0 Å². The van der Waals surface area contributed by atoms with E-state index < -0.39 is 0 Å². The average Bonchev–Trinajstić information content (AvgIpc) is 2.36. The molecular weight excluding hydrogens is 231 g/mol. The maximum Gasteiger partial charge on any atom is 0.146 e. The maximum atomic E-state index is 13.6. The van der Waals surface area contributed by atoms with Gasteiger partial charge in [0.05, 0.1) is 24.2 Å². The second-order valence-corrected chi connectivity index (χ2v) is 4.03. The Morgan fingerprint density at radius 2 is 1.94 bits per heavy atom. The first-order valence-corrected chi connectivity index (χ1v) is 5.57. The van der Waals surface area contributed by atoms with Crippen LogP contribution in [0.4, 0.5) is 21.5 Å². The number of nitrogens with two attached hydrogens (primary N) is 1. The van der Waals surface area contributed by atoms with Crippen LogP contribution in [0.2, 0.25) is 0 Å². The van der Waals surface area contributed by atoms with Gasteiger partial charge in [0.2, 0.25) is 0 Å². The van der Waals surface area contributed by atoms with Crippen molar-refractivity contribution in [3.05, 3.63) is 47.8 Å². The molecule has 0 atom stereocenters. The predicted molar refractivity (Wildman–Crippen MR) is 71.8 cm³/mol. The van der Waals surface area contributed by atoms with Crippen LogP contribution in [-0.4, -0.2) is 7.11 Å². The molecule has 0 aliphatic rings. The monoisotopic (exact) mass is 246 g/mol. The summed E-state index contributed by atoms with van der Waals surface area (Å²) >= 11 is 0. The second kappa shape index (κ2) is 4.96. The van der Waals surface area contributed by atoms with Crippen molar-refractivity contribution in [2.75, 3.05) is 18.2 Å². The van der Waals surface area contributed by atoms with Crippen LogP contribution in [-0.2, 0) is 0 Å². The fourth-order valence-corrected chi connectivity index (χ4v) is 1.71. The molecule has 0 radical (unpaired) electrons. The zero-order valence-corrected chi connectivity index (χ0v) is 10.3. The summed E-state index contributed by atoms with van der Waals surface area (Å²) < 4.78 is 18.8. The lowest BCUT2D eigenvalue weighted by Crippen LogP contribution is -2.00. The molecule has 0 aliphatic heterocycles. The fraction of sp³-hybridized carbons (Fsp3) is 0.143. The van der Waals surface area contributed by atoms with Crippen LogP contribution in [0.1, 0.15) is 5.56 Å². The minimum absolute atomic E-state index is 0.317. The molecule has 2 aromatic carbocycles. The van der Waals surface area contributed by atoms with Crippen molar-refractivity contribution in [3.63, 3.8) is 0 Å². The van der Waals surface area contributed by atoms with E-state index >= 15 is 0 Å². The lowest BCUT2D eigenvalue weighted by atomic mass is 10.2. The predicted octanol–water partition coefficient (Wildman–Crippen LogP) is 3.47. The number of nitrogen functional groups attached to an aromatic ring is 1. The third-order valence-corrected chi connectivity index (χ3v) is 2.68. The number of halogens is 1. The van der Waals surface area contributed by atoms with Crippen molar-refractivity contribution >= 4 is 17.1 Å². The number of benzene rings is 2. The summed E-state index contributed by atoms with van der Waals surface area (Å²) in [7, 11) is 1.54. The highest BCUT2D eigenvalue weighted by Crippen LogP contribution is 2.32. The Balaban J connectivity index is 2.37. The zero-order valence-electron chi connectivity index (χ0n) is 10.3. The van der Waals surface area contributed by atoms with Crippen molar-refractivity contribution in [2.24, 2.45) is 0 Å². The summed E-state index contributed by atoms with van der Waals surface area (Å²) in [4.78, 5) is 0. The average molecular weight is 246 g/mol. The van der Waals surface area contributed by atoms with Crippen molar-refractivity contribution in [3.8, 4) is 5.75 Å². The smallest absolute Gasteiger partial charge is 0.146 e. The van der Waals surface area contributed by atoms with Crippen LogP contribution in [0.25, 0.3) is 0 Å². The molecule has 0 amide bonds. The number of rotatable bonds is 3. The topological polar surface area (TPSA) is 47.3 Å². The molecule has 0 aliphatic carbocycles. The number of ether oxygens (including phenoxy) is 1. The van der Waals surface area contributed by atoms with Gasteiger partial charge in [0.25, 0.3) is 0 Å². The van der Waals surface area contributed by atoms with E-state index in [1.54, 1.807) is 37.4 Å². The van der Waals surface area contributed by atoms with Gasteiger partial charge in [0.1, 0.15) is 11.6 Å². The van der Waals surface area contributed by atoms with Crippen LogP contribution in [0.15, 0.2) is 36.4 Å². The minimum Gasteiger partial charge on any atom is -0.495 e. The van der Waals surface area contributed by atoms with Gasteiger partial charge in [0, 0.05) is 0 Å². The summed E-state index contributed by atoms with van der Waals surface area (Å²) in [5, 5.41) is 2.98. The molecule has 94 valence electrons. The molecule has 0 unspecified atom stereocenters. The highest BCUT2D eigenvalue weighted by Gasteiger charge is 2.08. The van der Waals surface area contributed by atoms with Gasteiger partial charge in [-0.2, -0.15) is 0 Å². The quantitative estimate of drug-likeness (QED) is 0.815. The van der Waals surface area contributed by atoms with Gasteiger partial charge < -0.3 is 15.8 Å². The number of hydrogen-bond donors (Lipinski definition) is 2. The van der Waals surface area contributed by atoms with Crippen molar-refractivity contribution in [2.45, 2.75) is 6.92 Å². The van der Waals surface area contributed by atoms with Gasteiger partial charge in [-0.25, -0.2) is 4.39 Å². The first-order chi connectivity index (χ1) is 8.61. The molecule has 0 saturated heterocycles. The first kappa shape index (κ1) is 12.2. The number of hydrogen-bond acceptors (Lipinski definition) is 3. The molecule has 3 N–H and O–H groups in total. The highest BCUT2D eigenvalue weighted by atomic mass is 19.1. The van der Waals surface area contributed by atoms with Gasteiger partial charge in [-0.1, -0.05) is 12.1 Å². The molecule has 3 nitrogen and oxygen atoms in total. The van der Waals surface area contributed by atoms with Crippen LogP contribution >= 0.6 is 0 Å². The van der Waals surface area contributed by atoms with E-state index in [9.17, 15) is 4.39 Å². The van der Waals surface area contributed by atoms with E-state index in [2.05, 4.69) is 5.32 Å². The lowest BCUT2D eigenvalue weighted by Gasteiger charge is -2.13. The molecule has 4 heteroatoms. The minimum atomic E-state index is -0.317. The van der Waals surface area contributed by atoms with Crippen LogP contribution in [0, 0.1) is 12.7 Å². The molecule has 0 saturated carbocycles. The molecule has 0 fully saturated rings. The van der Waals surface area contributed by atoms with Crippen molar-refractivity contribution in [1.82, 2.24) is 0 Å². The van der Waals surface area contributed by atoms with Gasteiger partial charge in [-0.05, 0) is 36.8 Å². The van der Waals surface area contributed by atoms with E-state index in [1.165, 1.54) is 6.07 Å². The lowest BCUT2D eigenvalue weighted by molar-refractivity contribution is 0.417. The highest BCUT2D eigenvalue weighted by molar-refractivity contribution is 5.77. The molecule has 0 bridgehead atoms. The Bertz CT molecular complexity index is 570. The summed E-state index contributed by atoms with van der Waals surface area (Å²) in [6, 6.07) is 10.2. The Kier molecular flexibility index (Phi) is 3.37. The van der Waals surface area contributed by atoms with Crippen molar-refractivity contribution in [1.29, 1.82) is 0 Å². The molecule has 0 heterocycles. The Morgan fingerprint density at radius 1 is 1.17 bits per heavy atom. The Labute approximate surface area is 105 Å². The van der Waals surface area contributed by atoms with E-state index in [0.29, 0.717) is 22.8 Å². The summed E-state index contributed by atoms with van der Waals surface area (Å²) in [5.74, 6) is 0.246. The molecular formula is C14H15FN2O. The van der Waals surface area contributed by atoms with E-state index in [1.807, 2.05) is 6.92 Å². The van der Waals surface area contributed by atoms with E-state index in [4.69, 9.17) is 10.5 Å². The number of methoxy groups -OCH3 is 1. The summed E-state index contributed by atoms with van der Waals surface area (Å²) in [6.45, 7) is 1.90. The number of para-hydroxylation sites is 1. The van der Waals surface area contributed by atoms with Crippen LogP contribution < -0.4 is 15.8 Å². The molecule has 0 aromatic heterocycles. The van der Waals surface area contributed by atoms with Crippen molar-refractivity contribution < 1.29 is 9.13 Å². The number of nitrogens with one attached hydrogen (secondary N) is 1. The second-order valence-electron chi connectivity index (χ2n) is 4.03. The summed E-state index contributed by atoms with van der Waals surface area (Å²) in [6.07, 6.45) is 0. The van der Waals surface area contributed by atoms with Gasteiger partial charge in [0.15, 0.2) is 0 Å².